The molecule has 0 unspecified atom stereocenters. The lowest BCUT2D eigenvalue weighted by Crippen LogP contribution is -2.02. The van der Waals surface area contributed by atoms with Gasteiger partial charge in [0.1, 0.15) is 17.8 Å². The third-order valence-corrected chi connectivity index (χ3v) is 4.34. The van der Waals surface area contributed by atoms with Gasteiger partial charge in [0, 0.05) is 40.7 Å². The van der Waals surface area contributed by atoms with E-state index < -0.39 is 0 Å². The van der Waals surface area contributed by atoms with E-state index in [1.807, 2.05) is 42.6 Å². The zero-order valence-electron chi connectivity index (χ0n) is 14.4. The number of hydrogen-bond donors (Lipinski definition) is 1. The van der Waals surface area contributed by atoms with Gasteiger partial charge in [0.2, 0.25) is 0 Å². The number of pyridine rings is 1. The molecule has 0 radical (unpaired) electrons. The average Bonchev–Trinajstić information content (AvgIpc) is 3.31. The van der Waals surface area contributed by atoms with Gasteiger partial charge < -0.3 is 0 Å². The first-order chi connectivity index (χ1) is 13.1. The summed E-state index contributed by atoms with van der Waals surface area (Å²) in [5.41, 5.74) is 3.78. The number of H-pyrrole nitrogens is 1. The molecular weight excluding hydrogens is 364 g/mol. The molecule has 8 heteroatoms. The number of Topliss-reactive ketones (excluding diaryl/α,β-unsaturated/α-hetero) is 1. The second kappa shape index (κ2) is 7.13. The molecule has 0 saturated carbocycles. The van der Waals surface area contributed by atoms with Crippen LogP contribution in [0.25, 0.3) is 28.3 Å². The van der Waals surface area contributed by atoms with Gasteiger partial charge in [-0.1, -0.05) is 29.8 Å². The zero-order valence-corrected chi connectivity index (χ0v) is 15.2. The zero-order chi connectivity index (χ0) is 18.8. The maximum atomic E-state index is 11.4. The van der Waals surface area contributed by atoms with Gasteiger partial charge in [-0.25, -0.2) is 9.67 Å². The number of aromatic amines is 1. The number of rotatable bonds is 5. The van der Waals surface area contributed by atoms with Crippen LogP contribution >= 0.6 is 11.6 Å². The molecule has 1 aromatic carbocycles. The first-order valence-electron chi connectivity index (χ1n) is 8.27. The maximum Gasteiger partial charge on any atom is 0.176 e. The Kier molecular flexibility index (Phi) is 4.52. The van der Waals surface area contributed by atoms with Crippen molar-refractivity contribution in [1.82, 2.24) is 29.9 Å². The summed E-state index contributed by atoms with van der Waals surface area (Å²) in [5.74, 6) is 0.598. The standard InChI is InChI=1S/C19H15ClN6O/c1-12(27)8-13-9-14(6-7-21-13)26-10-16(15-4-2-3-5-17(15)20)18(25-26)19-22-11-23-24-19/h2-7,9-11H,8H2,1H3,(H,22,23,24). The highest BCUT2D eigenvalue weighted by atomic mass is 35.5. The lowest BCUT2D eigenvalue weighted by atomic mass is 10.1. The molecule has 0 saturated heterocycles. The van der Waals surface area contributed by atoms with Crippen LogP contribution in [0.15, 0.2) is 55.1 Å². The largest absolute Gasteiger partial charge is 0.300 e. The molecule has 0 amide bonds. The fraction of sp³-hybridized carbons (Fsp3) is 0.105. The summed E-state index contributed by atoms with van der Waals surface area (Å²) in [5, 5.41) is 12.1. The Labute approximate surface area is 160 Å². The summed E-state index contributed by atoms with van der Waals surface area (Å²) in [6, 6.07) is 11.2. The Morgan fingerprint density at radius 3 is 2.78 bits per heavy atom. The number of carbonyl (C=O) groups is 1. The third-order valence-electron chi connectivity index (χ3n) is 4.01. The predicted molar refractivity (Wildman–Crippen MR) is 102 cm³/mol. The van der Waals surface area contributed by atoms with Crippen molar-refractivity contribution in [3.05, 3.63) is 65.8 Å². The van der Waals surface area contributed by atoms with Crippen LogP contribution < -0.4 is 0 Å². The van der Waals surface area contributed by atoms with Gasteiger partial charge in [-0.05, 0) is 25.1 Å². The van der Waals surface area contributed by atoms with Gasteiger partial charge in [0.05, 0.1) is 5.69 Å². The molecule has 0 fully saturated rings. The van der Waals surface area contributed by atoms with E-state index in [-0.39, 0.29) is 12.2 Å². The minimum atomic E-state index is 0.0548. The van der Waals surface area contributed by atoms with E-state index in [1.165, 1.54) is 6.33 Å². The molecule has 0 aliphatic heterocycles. The highest BCUT2D eigenvalue weighted by Crippen LogP contribution is 2.34. The molecule has 7 nitrogen and oxygen atoms in total. The number of nitrogens with zero attached hydrogens (tertiary/aromatic N) is 5. The molecule has 0 aliphatic carbocycles. The van der Waals surface area contributed by atoms with Crippen LogP contribution in [0, 0.1) is 0 Å². The van der Waals surface area contributed by atoms with E-state index in [2.05, 4.69) is 25.3 Å². The number of carbonyl (C=O) groups excluding carboxylic acids is 1. The van der Waals surface area contributed by atoms with Crippen molar-refractivity contribution in [2.45, 2.75) is 13.3 Å². The molecule has 0 bridgehead atoms. The van der Waals surface area contributed by atoms with E-state index in [9.17, 15) is 4.79 Å². The average molecular weight is 379 g/mol. The third kappa shape index (κ3) is 3.50. The Balaban J connectivity index is 1.85. The fourth-order valence-corrected chi connectivity index (χ4v) is 3.07. The first-order valence-corrected chi connectivity index (χ1v) is 8.64. The SMILES string of the molecule is CC(=O)Cc1cc(-n2cc(-c3ccccc3Cl)c(-c3ncn[nH]3)n2)ccn1. The number of ketones is 1. The number of aromatic nitrogens is 6. The lowest BCUT2D eigenvalue weighted by Gasteiger charge is -2.03. The summed E-state index contributed by atoms with van der Waals surface area (Å²) in [4.78, 5) is 19.9. The minimum absolute atomic E-state index is 0.0548. The van der Waals surface area contributed by atoms with Crippen LogP contribution in [0.5, 0.6) is 0 Å². The van der Waals surface area contributed by atoms with Crippen LogP contribution in [0.2, 0.25) is 5.02 Å². The predicted octanol–water partition coefficient (Wildman–Crippen LogP) is 3.50. The van der Waals surface area contributed by atoms with E-state index in [0.717, 1.165) is 16.8 Å². The van der Waals surface area contributed by atoms with Gasteiger partial charge in [-0.15, -0.1) is 0 Å². The van der Waals surface area contributed by atoms with Crippen molar-refractivity contribution in [3.8, 4) is 28.3 Å². The molecule has 0 aliphatic rings. The molecule has 0 spiro atoms. The molecule has 134 valence electrons. The molecular formula is C19H15ClN6O. The number of nitrogens with one attached hydrogen (secondary N) is 1. The van der Waals surface area contributed by atoms with E-state index >= 15 is 0 Å². The molecule has 27 heavy (non-hydrogen) atoms. The van der Waals surface area contributed by atoms with E-state index in [0.29, 0.717) is 22.2 Å². The number of benzene rings is 1. The van der Waals surface area contributed by atoms with E-state index in [1.54, 1.807) is 17.8 Å². The van der Waals surface area contributed by atoms with Crippen molar-refractivity contribution >= 4 is 17.4 Å². The van der Waals surface area contributed by atoms with Crippen LogP contribution in [-0.2, 0) is 11.2 Å². The van der Waals surface area contributed by atoms with Gasteiger partial charge in [0.25, 0.3) is 0 Å². The molecule has 4 aromatic rings. The summed E-state index contributed by atoms with van der Waals surface area (Å²) in [7, 11) is 0. The Morgan fingerprint density at radius 1 is 1.19 bits per heavy atom. The van der Waals surface area contributed by atoms with Crippen molar-refractivity contribution in [2.24, 2.45) is 0 Å². The molecule has 0 atom stereocenters. The normalized spacial score (nSPS) is 10.9. The second-order valence-corrected chi connectivity index (χ2v) is 6.44. The van der Waals surface area contributed by atoms with Crippen molar-refractivity contribution in [1.29, 1.82) is 0 Å². The fourth-order valence-electron chi connectivity index (χ4n) is 2.84. The second-order valence-electron chi connectivity index (χ2n) is 6.03. The van der Waals surface area contributed by atoms with Crippen LogP contribution in [0.1, 0.15) is 12.6 Å². The number of halogens is 1. The van der Waals surface area contributed by atoms with Crippen LogP contribution in [0.4, 0.5) is 0 Å². The summed E-state index contributed by atoms with van der Waals surface area (Å²) in [6.07, 6.45) is 5.26. The quantitative estimate of drug-likeness (QED) is 0.574. The van der Waals surface area contributed by atoms with Crippen molar-refractivity contribution in [2.75, 3.05) is 0 Å². The van der Waals surface area contributed by atoms with Crippen molar-refractivity contribution < 1.29 is 4.79 Å². The Hall–Kier alpha value is -3.32. The Bertz CT molecular complexity index is 1100. The number of hydrogen-bond acceptors (Lipinski definition) is 5. The highest BCUT2D eigenvalue weighted by Gasteiger charge is 2.18. The highest BCUT2D eigenvalue weighted by molar-refractivity contribution is 6.33. The maximum absolute atomic E-state index is 11.4. The molecule has 4 rings (SSSR count). The lowest BCUT2D eigenvalue weighted by molar-refractivity contribution is -0.116. The van der Waals surface area contributed by atoms with E-state index in [4.69, 9.17) is 11.6 Å². The van der Waals surface area contributed by atoms with Crippen LogP contribution in [0.3, 0.4) is 0 Å². The van der Waals surface area contributed by atoms with Gasteiger partial charge in [-0.2, -0.15) is 10.2 Å². The van der Waals surface area contributed by atoms with Crippen LogP contribution in [-0.4, -0.2) is 35.7 Å². The minimum Gasteiger partial charge on any atom is -0.300 e. The molecule has 3 heterocycles. The van der Waals surface area contributed by atoms with Gasteiger partial charge in [0.15, 0.2) is 5.82 Å². The smallest absolute Gasteiger partial charge is 0.176 e. The topological polar surface area (TPSA) is 89.4 Å². The molecule has 3 aromatic heterocycles. The summed E-state index contributed by atoms with van der Waals surface area (Å²) < 4.78 is 1.72. The Morgan fingerprint density at radius 2 is 2.04 bits per heavy atom. The summed E-state index contributed by atoms with van der Waals surface area (Å²) >= 11 is 6.40. The summed E-state index contributed by atoms with van der Waals surface area (Å²) in [6.45, 7) is 1.54. The first kappa shape index (κ1) is 17.1. The monoisotopic (exact) mass is 378 g/mol. The van der Waals surface area contributed by atoms with Crippen molar-refractivity contribution in [3.63, 3.8) is 0 Å². The van der Waals surface area contributed by atoms with Gasteiger partial charge in [-0.3, -0.25) is 14.9 Å². The van der Waals surface area contributed by atoms with Gasteiger partial charge >= 0.3 is 0 Å². The molecule has 1 N–H and O–H groups in total.